The van der Waals surface area contributed by atoms with Gasteiger partial charge in [0.05, 0.1) is 11.0 Å². The van der Waals surface area contributed by atoms with Crippen molar-refractivity contribution in [3.63, 3.8) is 0 Å². The number of fused-ring (bicyclic) bond motifs is 3. The predicted octanol–water partition coefficient (Wildman–Crippen LogP) is 14.2. The van der Waals surface area contributed by atoms with Crippen molar-refractivity contribution in [2.75, 3.05) is 9.80 Å². The third-order valence-electron chi connectivity index (χ3n) is 10.9. The monoisotopic (exact) mass is 745 g/mol. The minimum absolute atomic E-state index is 1.00. The standard InChI is InChI=1S/C53H39N5/c1-38-32-46(26-29-49(38)40-24-22-39(23-25-40)41-35-54-37-55-36-41)58-52-30-27-47(56(42-14-6-2-7-15-42)43-16-8-3-9-17-43)33-50(52)51-34-48(28-31-53(51)58)57(44-18-10-4-11-19-44)45-20-12-5-13-21-45/h2-37H,1H3. The van der Waals surface area contributed by atoms with Gasteiger partial charge < -0.3 is 14.4 Å². The Morgan fingerprint density at radius 1 is 0.379 bits per heavy atom. The van der Waals surface area contributed by atoms with Gasteiger partial charge in [0.2, 0.25) is 0 Å². The second kappa shape index (κ2) is 15.1. The molecule has 0 fully saturated rings. The first kappa shape index (κ1) is 34.7. The molecule has 0 atom stereocenters. The number of nitrogens with zero attached hydrogens (tertiary/aromatic N) is 5. The van der Waals surface area contributed by atoms with Crippen LogP contribution < -0.4 is 9.80 Å². The highest BCUT2D eigenvalue weighted by Crippen LogP contribution is 2.43. The Hall–Kier alpha value is -7.76. The molecule has 0 unspecified atom stereocenters. The Labute approximate surface area is 338 Å². The van der Waals surface area contributed by atoms with E-state index in [-0.39, 0.29) is 0 Å². The zero-order chi connectivity index (χ0) is 38.8. The molecule has 0 aliphatic rings. The molecule has 0 N–H and O–H groups in total. The topological polar surface area (TPSA) is 37.2 Å². The van der Waals surface area contributed by atoms with E-state index in [1.807, 2.05) is 12.4 Å². The van der Waals surface area contributed by atoms with Crippen molar-refractivity contribution in [2.45, 2.75) is 6.92 Å². The lowest BCUT2D eigenvalue weighted by molar-refractivity contribution is 1.17. The summed E-state index contributed by atoms with van der Waals surface area (Å²) in [5.41, 5.74) is 15.7. The van der Waals surface area contributed by atoms with Crippen molar-refractivity contribution in [1.82, 2.24) is 14.5 Å². The van der Waals surface area contributed by atoms with E-state index in [4.69, 9.17) is 0 Å². The molecule has 0 saturated carbocycles. The van der Waals surface area contributed by atoms with Crippen LogP contribution in [0.25, 0.3) is 49.7 Å². The molecule has 5 heteroatoms. The van der Waals surface area contributed by atoms with Crippen molar-refractivity contribution in [1.29, 1.82) is 0 Å². The van der Waals surface area contributed by atoms with E-state index in [0.29, 0.717) is 0 Å². The largest absolute Gasteiger partial charge is 0.310 e. The van der Waals surface area contributed by atoms with Crippen molar-refractivity contribution < 1.29 is 0 Å². The molecule has 0 aliphatic heterocycles. The molecular formula is C53H39N5. The van der Waals surface area contributed by atoms with Gasteiger partial charge in [-0.1, -0.05) is 103 Å². The lowest BCUT2D eigenvalue weighted by Gasteiger charge is -2.26. The first-order valence-electron chi connectivity index (χ1n) is 19.6. The van der Waals surface area contributed by atoms with Gasteiger partial charge in [-0.15, -0.1) is 0 Å². The van der Waals surface area contributed by atoms with Gasteiger partial charge in [-0.25, -0.2) is 9.97 Å². The maximum Gasteiger partial charge on any atom is 0.115 e. The molecule has 0 aliphatic carbocycles. The average molecular weight is 746 g/mol. The van der Waals surface area contributed by atoms with Crippen LogP contribution >= 0.6 is 0 Å². The highest BCUT2D eigenvalue weighted by molar-refractivity contribution is 6.12. The number of rotatable bonds is 9. The van der Waals surface area contributed by atoms with Crippen LogP contribution in [0.5, 0.6) is 0 Å². The normalized spacial score (nSPS) is 11.2. The lowest BCUT2D eigenvalue weighted by Crippen LogP contribution is -2.09. The fourth-order valence-electron chi connectivity index (χ4n) is 8.16. The van der Waals surface area contributed by atoms with Crippen LogP contribution in [0.2, 0.25) is 0 Å². The minimum atomic E-state index is 1.00. The smallest absolute Gasteiger partial charge is 0.115 e. The van der Waals surface area contributed by atoms with Gasteiger partial charge in [0, 0.05) is 68.5 Å². The molecule has 0 bridgehead atoms. The van der Waals surface area contributed by atoms with Crippen molar-refractivity contribution in [3.05, 3.63) is 224 Å². The highest BCUT2D eigenvalue weighted by Gasteiger charge is 2.20. The Bertz CT molecular complexity index is 2760. The van der Waals surface area contributed by atoms with Gasteiger partial charge in [0.1, 0.15) is 6.33 Å². The van der Waals surface area contributed by atoms with Crippen LogP contribution in [-0.2, 0) is 0 Å². The maximum absolute atomic E-state index is 4.20. The molecule has 0 radical (unpaired) electrons. The minimum Gasteiger partial charge on any atom is -0.310 e. The van der Waals surface area contributed by atoms with Gasteiger partial charge in [-0.2, -0.15) is 0 Å². The number of aromatic nitrogens is 3. The third kappa shape index (κ3) is 6.45. The zero-order valence-corrected chi connectivity index (χ0v) is 32.0. The van der Waals surface area contributed by atoms with Gasteiger partial charge in [-0.3, -0.25) is 0 Å². The Morgan fingerprint density at radius 2 is 0.810 bits per heavy atom. The molecule has 276 valence electrons. The highest BCUT2D eigenvalue weighted by atomic mass is 15.1. The first-order chi connectivity index (χ1) is 28.7. The molecule has 8 aromatic carbocycles. The lowest BCUT2D eigenvalue weighted by atomic mass is 9.98. The Morgan fingerprint density at radius 3 is 1.24 bits per heavy atom. The summed E-state index contributed by atoms with van der Waals surface area (Å²) in [6.45, 7) is 2.21. The van der Waals surface area contributed by atoms with E-state index in [1.165, 1.54) is 27.5 Å². The van der Waals surface area contributed by atoms with Crippen LogP contribution in [0.1, 0.15) is 5.56 Å². The van der Waals surface area contributed by atoms with Crippen molar-refractivity contribution in [2.24, 2.45) is 0 Å². The summed E-state index contributed by atoms with van der Waals surface area (Å²) in [6.07, 6.45) is 5.26. The van der Waals surface area contributed by atoms with Crippen molar-refractivity contribution >= 4 is 55.9 Å². The fraction of sp³-hybridized carbons (Fsp3) is 0.0189. The van der Waals surface area contributed by atoms with E-state index < -0.39 is 0 Å². The van der Waals surface area contributed by atoms with Crippen LogP contribution in [0.3, 0.4) is 0 Å². The molecule has 0 saturated heterocycles. The molecular weight excluding hydrogens is 707 g/mol. The zero-order valence-electron chi connectivity index (χ0n) is 32.0. The molecule has 10 rings (SSSR count). The van der Waals surface area contributed by atoms with Crippen LogP contribution in [-0.4, -0.2) is 14.5 Å². The van der Waals surface area contributed by atoms with Crippen LogP contribution in [0.4, 0.5) is 34.1 Å². The fourth-order valence-corrected chi connectivity index (χ4v) is 8.16. The molecule has 0 spiro atoms. The SMILES string of the molecule is Cc1cc(-n2c3ccc(N(c4ccccc4)c4ccccc4)cc3c3cc(N(c4ccccc4)c4ccccc4)ccc32)ccc1-c1ccc(-c2cncnc2)cc1. The predicted molar refractivity (Wildman–Crippen MR) is 241 cm³/mol. The number of hydrogen-bond donors (Lipinski definition) is 0. The molecule has 10 aromatic rings. The van der Waals surface area contributed by atoms with Crippen LogP contribution in [0.15, 0.2) is 219 Å². The summed E-state index contributed by atoms with van der Waals surface area (Å²) in [4.78, 5) is 13.1. The third-order valence-corrected chi connectivity index (χ3v) is 10.9. The van der Waals surface area contributed by atoms with Crippen LogP contribution in [0, 0.1) is 6.92 Å². The number of para-hydroxylation sites is 4. The van der Waals surface area contributed by atoms with Gasteiger partial charge in [0.15, 0.2) is 0 Å². The average Bonchev–Trinajstić information content (AvgIpc) is 3.61. The summed E-state index contributed by atoms with van der Waals surface area (Å²) in [5, 5.41) is 2.35. The Balaban J connectivity index is 1.15. The molecule has 2 heterocycles. The van der Waals surface area contributed by atoms with E-state index in [9.17, 15) is 0 Å². The van der Waals surface area contributed by atoms with E-state index in [1.54, 1.807) is 6.33 Å². The molecule has 5 nitrogen and oxygen atoms in total. The summed E-state index contributed by atoms with van der Waals surface area (Å²) >= 11 is 0. The quantitative estimate of drug-likeness (QED) is 0.147. The number of benzene rings is 8. The summed E-state index contributed by atoms with van der Waals surface area (Å²) in [5.74, 6) is 0. The summed E-state index contributed by atoms with van der Waals surface area (Å²) in [6, 6.07) is 71.7. The Kier molecular flexibility index (Phi) is 9.01. The second-order valence-corrected chi connectivity index (χ2v) is 14.5. The number of hydrogen-bond acceptors (Lipinski definition) is 4. The van der Waals surface area contributed by atoms with Gasteiger partial charge in [-0.05, 0) is 126 Å². The van der Waals surface area contributed by atoms with E-state index >= 15 is 0 Å². The van der Waals surface area contributed by atoms with E-state index in [0.717, 1.165) is 62.0 Å². The van der Waals surface area contributed by atoms with Gasteiger partial charge in [0.25, 0.3) is 0 Å². The van der Waals surface area contributed by atoms with E-state index in [2.05, 4.69) is 231 Å². The molecule has 0 amide bonds. The number of aryl methyl sites for hydroxylation is 1. The first-order valence-corrected chi connectivity index (χ1v) is 19.6. The maximum atomic E-state index is 4.20. The molecule has 58 heavy (non-hydrogen) atoms. The summed E-state index contributed by atoms with van der Waals surface area (Å²) < 4.78 is 2.41. The molecule has 2 aromatic heterocycles. The summed E-state index contributed by atoms with van der Waals surface area (Å²) in [7, 11) is 0. The van der Waals surface area contributed by atoms with Gasteiger partial charge >= 0.3 is 0 Å². The number of anilines is 6. The second-order valence-electron chi connectivity index (χ2n) is 14.5. The van der Waals surface area contributed by atoms with Crippen molar-refractivity contribution in [3.8, 4) is 27.9 Å².